The van der Waals surface area contributed by atoms with Gasteiger partial charge >= 0.3 is 0 Å². The summed E-state index contributed by atoms with van der Waals surface area (Å²) in [6, 6.07) is 0.576. The van der Waals surface area contributed by atoms with Gasteiger partial charge in [0.2, 0.25) is 0 Å². The van der Waals surface area contributed by atoms with Crippen LogP contribution in [0.15, 0.2) is 0 Å². The number of nitrogens with zero attached hydrogens (tertiary/aromatic N) is 1. The van der Waals surface area contributed by atoms with E-state index in [1.807, 2.05) is 0 Å². The third kappa shape index (κ3) is 4.00. The summed E-state index contributed by atoms with van der Waals surface area (Å²) >= 11 is 0. The second-order valence-corrected chi connectivity index (χ2v) is 8.17. The van der Waals surface area contributed by atoms with Gasteiger partial charge in [0.05, 0.1) is 6.61 Å². The summed E-state index contributed by atoms with van der Waals surface area (Å²) in [6.07, 6.45) is 8.61. The predicted octanol–water partition coefficient (Wildman–Crippen LogP) is 2.90. The minimum atomic E-state index is 0.367. The molecule has 1 saturated carbocycles. The lowest BCUT2D eigenvalue weighted by molar-refractivity contribution is 0.0441. The van der Waals surface area contributed by atoms with Crippen molar-refractivity contribution in [1.29, 1.82) is 0 Å². The summed E-state index contributed by atoms with van der Waals surface area (Å²) in [7, 11) is 0. The number of piperidine rings is 1. The van der Waals surface area contributed by atoms with Gasteiger partial charge in [-0.25, -0.2) is 0 Å². The lowest BCUT2D eigenvalue weighted by Crippen LogP contribution is -2.50. The van der Waals surface area contributed by atoms with Crippen LogP contribution in [0.2, 0.25) is 0 Å². The zero-order chi connectivity index (χ0) is 14.7. The van der Waals surface area contributed by atoms with Gasteiger partial charge in [-0.05, 0) is 37.6 Å². The lowest BCUT2D eigenvalue weighted by Gasteiger charge is -2.44. The lowest BCUT2D eigenvalue weighted by atomic mass is 9.74. The molecular weight excluding hydrogens is 260 g/mol. The van der Waals surface area contributed by atoms with Crippen LogP contribution in [0, 0.1) is 17.3 Å². The molecule has 2 aliphatic heterocycles. The number of rotatable bonds is 5. The third-order valence-corrected chi connectivity index (χ3v) is 6.00. The normalized spacial score (nSPS) is 37.9. The maximum atomic E-state index is 5.77. The molecule has 0 aromatic rings. The van der Waals surface area contributed by atoms with E-state index in [2.05, 4.69) is 24.1 Å². The second kappa shape index (κ2) is 6.97. The van der Waals surface area contributed by atoms with Crippen molar-refractivity contribution in [2.75, 3.05) is 39.4 Å². The smallest absolute Gasteiger partial charge is 0.0547 e. The highest BCUT2D eigenvalue weighted by Gasteiger charge is 2.39. The summed E-state index contributed by atoms with van der Waals surface area (Å²) in [5, 5.41) is 3.67. The van der Waals surface area contributed by atoms with Crippen molar-refractivity contribution in [1.82, 2.24) is 10.2 Å². The van der Waals surface area contributed by atoms with Gasteiger partial charge in [-0.2, -0.15) is 0 Å². The van der Waals surface area contributed by atoms with Crippen LogP contribution in [0.3, 0.4) is 0 Å². The molecule has 2 heterocycles. The van der Waals surface area contributed by atoms with E-state index in [9.17, 15) is 0 Å². The second-order valence-electron chi connectivity index (χ2n) is 8.17. The Morgan fingerprint density at radius 1 is 1.19 bits per heavy atom. The monoisotopic (exact) mass is 294 g/mol. The van der Waals surface area contributed by atoms with Crippen molar-refractivity contribution in [2.45, 2.75) is 58.4 Å². The Bertz CT molecular complexity index is 325. The molecule has 0 aromatic heterocycles. The number of hydrogen-bond donors (Lipinski definition) is 1. The van der Waals surface area contributed by atoms with Crippen molar-refractivity contribution in [3.05, 3.63) is 0 Å². The average Bonchev–Trinajstić information content (AvgIpc) is 2.94. The Hall–Kier alpha value is -0.120. The molecule has 3 nitrogen and oxygen atoms in total. The largest absolute Gasteiger partial charge is 0.381 e. The molecule has 3 atom stereocenters. The van der Waals surface area contributed by atoms with Gasteiger partial charge in [-0.3, -0.25) is 0 Å². The molecule has 3 rings (SSSR count). The first-order chi connectivity index (χ1) is 10.2. The van der Waals surface area contributed by atoms with E-state index in [-0.39, 0.29) is 0 Å². The Morgan fingerprint density at radius 2 is 2.00 bits per heavy atom. The van der Waals surface area contributed by atoms with E-state index >= 15 is 0 Å². The highest BCUT2D eigenvalue weighted by molar-refractivity contribution is 4.92. The first kappa shape index (κ1) is 15.8. The maximum Gasteiger partial charge on any atom is 0.0547 e. The standard InChI is InChI=1S/C18H34N2O/c1-15(2)19-12-18(8-10-21-14-18)13-20-9-7-16-5-3-4-6-17(16)11-20/h15-17,19H,3-14H2,1-2H3. The average molecular weight is 294 g/mol. The topological polar surface area (TPSA) is 24.5 Å². The van der Waals surface area contributed by atoms with Crippen LogP contribution in [0.4, 0.5) is 0 Å². The van der Waals surface area contributed by atoms with Crippen LogP contribution in [0.1, 0.15) is 52.4 Å². The van der Waals surface area contributed by atoms with E-state index in [1.54, 1.807) is 0 Å². The molecule has 3 fully saturated rings. The van der Waals surface area contributed by atoms with E-state index in [1.165, 1.54) is 58.2 Å². The van der Waals surface area contributed by atoms with E-state index in [0.29, 0.717) is 11.5 Å². The number of hydrogen-bond acceptors (Lipinski definition) is 3. The Balaban J connectivity index is 1.55. The van der Waals surface area contributed by atoms with Crippen molar-refractivity contribution >= 4 is 0 Å². The molecule has 3 aliphatic rings. The first-order valence-electron chi connectivity index (χ1n) is 9.20. The first-order valence-corrected chi connectivity index (χ1v) is 9.20. The van der Waals surface area contributed by atoms with E-state index in [0.717, 1.165) is 31.6 Å². The summed E-state index contributed by atoms with van der Waals surface area (Å²) in [5.74, 6) is 2.03. The van der Waals surface area contributed by atoms with Crippen LogP contribution in [0.5, 0.6) is 0 Å². The number of fused-ring (bicyclic) bond motifs is 1. The molecule has 0 spiro atoms. The van der Waals surface area contributed by atoms with Crippen LogP contribution in [-0.2, 0) is 4.74 Å². The Kier molecular flexibility index (Phi) is 5.23. The molecule has 2 saturated heterocycles. The highest BCUT2D eigenvalue weighted by Crippen LogP contribution is 2.38. The molecule has 3 unspecified atom stereocenters. The molecule has 1 aliphatic carbocycles. The molecular formula is C18H34N2O. The number of nitrogens with one attached hydrogen (secondary N) is 1. The van der Waals surface area contributed by atoms with Crippen molar-refractivity contribution in [3.63, 3.8) is 0 Å². The Labute approximate surface area is 130 Å². The molecule has 21 heavy (non-hydrogen) atoms. The van der Waals surface area contributed by atoms with Gasteiger partial charge in [-0.1, -0.05) is 33.1 Å². The molecule has 0 aromatic carbocycles. The zero-order valence-corrected chi connectivity index (χ0v) is 14.1. The fraction of sp³-hybridized carbons (Fsp3) is 1.00. The van der Waals surface area contributed by atoms with Crippen LogP contribution in [0.25, 0.3) is 0 Å². The predicted molar refractivity (Wildman–Crippen MR) is 87.5 cm³/mol. The van der Waals surface area contributed by atoms with Crippen LogP contribution < -0.4 is 5.32 Å². The minimum Gasteiger partial charge on any atom is -0.381 e. The Morgan fingerprint density at radius 3 is 2.71 bits per heavy atom. The van der Waals surface area contributed by atoms with E-state index in [4.69, 9.17) is 4.74 Å². The van der Waals surface area contributed by atoms with Crippen molar-refractivity contribution in [2.24, 2.45) is 17.3 Å². The van der Waals surface area contributed by atoms with Gasteiger partial charge in [0.25, 0.3) is 0 Å². The summed E-state index contributed by atoms with van der Waals surface area (Å²) in [5.41, 5.74) is 0.367. The highest BCUT2D eigenvalue weighted by atomic mass is 16.5. The fourth-order valence-electron chi connectivity index (χ4n) is 4.68. The van der Waals surface area contributed by atoms with Gasteiger partial charge in [0, 0.05) is 37.7 Å². The molecule has 0 bridgehead atoms. The van der Waals surface area contributed by atoms with Crippen molar-refractivity contribution in [3.8, 4) is 0 Å². The molecule has 3 heteroatoms. The van der Waals surface area contributed by atoms with Gasteiger partial charge in [0.1, 0.15) is 0 Å². The minimum absolute atomic E-state index is 0.367. The maximum absolute atomic E-state index is 5.77. The fourth-order valence-corrected chi connectivity index (χ4v) is 4.68. The number of ether oxygens (including phenoxy) is 1. The van der Waals surface area contributed by atoms with Gasteiger partial charge in [0.15, 0.2) is 0 Å². The van der Waals surface area contributed by atoms with Gasteiger partial charge in [-0.15, -0.1) is 0 Å². The molecule has 1 N–H and O–H groups in total. The SMILES string of the molecule is CC(C)NCC1(CN2CCC3CCCCC3C2)CCOC1. The van der Waals surface area contributed by atoms with Crippen LogP contribution in [-0.4, -0.2) is 50.3 Å². The third-order valence-electron chi connectivity index (χ3n) is 6.00. The number of likely N-dealkylation sites (tertiary alicyclic amines) is 1. The molecule has 0 amide bonds. The van der Waals surface area contributed by atoms with Gasteiger partial charge < -0.3 is 15.0 Å². The summed E-state index contributed by atoms with van der Waals surface area (Å²) in [6.45, 7) is 11.5. The quantitative estimate of drug-likeness (QED) is 0.844. The molecule has 122 valence electrons. The zero-order valence-electron chi connectivity index (χ0n) is 14.1. The summed E-state index contributed by atoms with van der Waals surface area (Å²) in [4.78, 5) is 2.77. The van der Waals surface area contributed by atoms with Crippen molar-refractivity contribution < 1.29 is 4.74 Å². The summed E-state index contributed by atoms with van der Waals surface area (Å²) < 4.78 is 5.77. The van der Waals surface area contributed by atoms with Crippen LogP contribution >= 0.6 is 0 Å². The molecule has 0 radical (unpaired) electrons. The van der Waals surface area contributed by atoms with E-state index < -0.39 is 0 Å².